The van der Waals surface area contributed by atoms with E-state index in [2.05, 4.69) is 40.1 Å². The molecular formula is C14H14N4OS. The van der Waals surface area contributed by atoms with Crippen LogP contribution < -0.4 is 5.56 Å². The second-order valence-corrected chi connectivity index (χ2v) is 5.58. The van der Waals surface area contributed by atoms with Crippen molar-refractivity contribution >= 4 is 22.9 Å². The third-order valence-electron chi connectivity index (χ3n) is 3.07. The Balaban J connectivity index is 1.90. The van der Waals surface area contributed by atoms with Crippen molar-refractivity contribution in [3.8, 4) is 0 Å². The van der Waals surface area contributed by atoms with E-state index in [0.29, 0.717) is 11.2 Å². The molecule has 0 saturated carbocycles. The highest BCUT2D eigenvalue weighted by Crippen LogP contribution is 2.23. The third kappa shape index (κ3) is 2.34. The number of nitrogens with zero attached hydrogens (tertiary/aromatic N) is 3. The van der Waals surface area contributed by atoms with E-state index in [0.717, 1.165) is 10.9 Å². The molecule has 0 aliphatic rings. The SMILES string of the molecule is Cc1cccc(CSc2nc3c(=O)[nH]cnc3n2C)c1. The first-order chi connectivity index (χ1) is 9.65. The molecule has 0 fully saturated rings. The van der Waals surface area contributed by atoms with Crippen LogP contribution >= 0.6 is 11.8 Å². The maximum absolute atomic E-state index is 11.7. The number of nitrogens with one attached hydrogen (secondary N) is 1. The normalized spacial score (nSPS) is 11.1. The van der Waals surface area contributed by atoms with E-state index in [-0.39, 0.29) is 5.56 Å². The Kier molecular flexibility index (Phi) is 3.31. The molecule has 0 aliphatic heterocycles. The topological polar surface area (TPSA) is 63.6 Å². The summed E-state index contributed by atoms with van der Waals surface area (Å²) in [5, 5.41) is 0.797. The average Bonchev–Trinajstić information content (AvgIpc) is 2.75. The molecule has 0 aliphatic carbocycles. The summed E-state index contributed by atoms with van der Waals surface area (Å²) in [6.07, 6.45) is 1.40. The quantitative estimate of drug-likeness (QED) is 0.750. The van der Waals surface area contributed by atoms with Crippen LogP contribution in [0, 0.1) is 6.92 Å². The summed E-state index contributed by atoms with van der Waals surface area (Å²) in [4.78, 5) is 22.8. The van der Waals surface area contributed by atoms with Gasteiger partial charge in [0.25, 0.3) is 5.56 Å². The summed E-state index contributed by atoms with van der Waals surface area (Å²) in [6.45, 7) is 2.08. The monoisotopic (exact) mass is 286 g/mol. The summed E-state index contributed by atoms with van der Waals surface area (Å²) in [5.74, 6) is 0.816. The minimum atomic E-state index is -0.201. The van der Waals surface area contributed by atoms with Gasteiger partial charge in [0, 0.05) is 12.8 Å². The van der Waals surface area contributed by atoms with Gasteiger partial charge in [-0.1, -0.05) is 41.6 Å². The highest BCUT2D eigenvalue weighted by molar-refractivity contribution is 7.98. The van der Waals surface area contributed by atoms with Crippen molar-refractivity contribution < 1.29 is 0 Å². The number of hydrogen-bond donors (Lipinski definition) is 1. The molecule has 0 amide bonds. The maximum atomic E-state index is 11.7. The molecule has 0 bridgehead atoms. The fourth-order valence-corrected chi connectivity index (χ4v) is 2.98. The van der Waals surface area contributed by atoms with Crippen LogP contribution in [0.5, 0.6) is 0 Å². The maximum Gasteiger partial charge on any atom is 0.278 e. The zero-order valence-corrected chi connectivity index (χ0v) is 12.1. The second kappa shape index (κ2) is 5.13. The highest BCUT2D eigenvalue weighted by Gasteiger charge is 2.11. The molecule has 2 aromatic heterocycles. The molecule has 3 rings (SSSR count). The number of H-pyrrole nitrogens is 1. The Morgan fingerprint density at radius 2 is 2.25 bits per heavy atom. The third-order valence-corrected chi connectivity index (χ3v) is 4.17. The fourth-order valence-electron chi connectivity index (χ4n) is 2.07. The first-order valence-electron chi connectivity index (χ1n) is 6.23. The van der Waals surface area contributed by atoms with Gasteiger partial charge in [-0.3, -0.25) is 4.79 Å². The number of aromatic nitrogens is 4. The number of rotatable bonds is 3. The molecule has 6 heteroatoms. The van der Waals surface area contributed by atoms with Crippen LogP contribution in [-0.4, -0.2) is 19.5 Å². The Labute approximate surface area is 120 Å². The lowest BCUT2D eigenvalue weighted by molar-refractivity contribution is 0.805. The van der Waals surface area contributed by atoms with E-state index in [9.17, 15) is 4.79 Å². The predicted octanol–water partition coefficient (Wildman–Crippen LogP) is 2.26. The lowest BCUT2D eigenvalue weighted by Crippen LogP contribution is -2.06. The number of thioether (sulfide) groups is 1. The van der Waals surface area contributed by atoms with Crippen LogP contribution in [0.1, 0.15) is 11.1 Å². The summed E-state index contributed by atoms with van der Waals surface area (Å²) < 4.78 is 1.85. The number of imidazole rings is 1. The van der Waals surface area contributed by atoms with E-state index >= 15 is 0 Å². The number of aryl methyl sites for hydroxylation is 2. The molecule has 0 radical (unpaired) electrons. The molecular weight excluding hydrogens is 272 g/mol. The Morgan fingerprint density at radius 1 is 1.40 bits per heavy atom. The average molecular weight is 286 g/mol. The van der Waals surface area contributed by atoms with Crippen molar-refractivity contribution in [2.45, 2.75) is 17.8 Å². The van der Waals surface area contributed by atoms with Gasteiger partial charge in [0.05, 0.1) is 6.33 Å². The van der Waals surface area contributed by atoms with E-state index in [1.807, 2.05) is 17.7 Å². The van der Waals surface area contributed by atoms with Crippen LogP contribution in [0.15, 0.2) is 40.5 Å². The van der Waals surface area contributed by atoms with Crippen molar-refractivity contribution in [2.24, 2.45) is 7.05 Å². The summed E-state index contributed by atoms with van der Waals surface area (Å²) in [5.41, 5.74) is 3.28. The van der Waals surface area contributed by atoms with Crippen molar-refractivity contribution in [1.29, 1.82) is 0 Å². The fraction of sp³-hybridized carbons (Fsp3) is 0.214. The van der Waals surface area contributed by atoms with Crippen LogP contribution in [-0.2, 0) is 12.8 Å². The smallest absolute Gasteiger partial charge is 0.278 e. The standard InChI is InChI=1S/C14H14N4OS/c1-9-4-3-5-10(6-9)7-20-14-17-11-12(18(14)2)15-8-16-13(11)19/h3-6,8H,7H2,1-2H3,(H,15,16,19). The van der Waals surface area contributed by atoms with E-state index in [1.165, 1.54) is 17.5 Å². The molecule has 0 atom stereocenters. The molecule has 0 saturated heterocycles. The molecule has 0 unspecified atom stereocenters. The Bertz CT molecular complexity index is 821. The van der Waals surface area contributed by atoms with Crippen LogP contribution in [0.25, 0.3) is 11.2 Å². The van der Waals surface area contributed by atoms with Crippen molar-refractivity contribution in [2.75, 3.05) is 0 Å². The number of benzene rings is 1. The van der Waals surface area contributed by atoms with Gasteiger partial charge in [0.15, 0.2) is 16.3 Å². The van der Waals surface area contributed by atoms with E-state index < -0.39 is 0 Å². The lowest BCUT2D eigenvalue weighted by Gasteiger charge is -2.03. The summed E-state index contributed by atoms with van der Waals surface area (Å²) in [6, 6.07) is 8.37. The van der Waals surface area contributed by atoms with Gasteiger partial charge in [-0.05, 0) is 12.5 Å². The molecule has 1 aromatic carbocycles. The van der Waals surface area contributed by atoms with Gasteiger partial charge in [0.1, 0.15) is 0 Å². The minimum Gasteiger partial charge on any atom is -0.311 e. The zero-order valence-electron chi connectivity index (χ0n) is 11.3. The first-order valence-corrected chi connectivity index (χ1v) is 7.22. The van der Waals surface area contributed by atoms with Gasteiger partial charge >= 0.3 is 0 Å². The van der Waals surface area contributed by atoms with Gasteiger partial charge < -0.3 is 9.55 Å². The summed E-state index contributed by atoms with van der Waals surface area (Å²) >= 11 is 1.60. The van der Waals surface area contributed by atoms with Gasteiger partial charge in [-0.2, -0.15) is 0 Å². The summed E-state index contributed by atoms with van der Waals surface area (Å²) in [7, 11) is 1.88. The van der Waals surface area contributed by atoms with Crippen molar-refractivity contribution in [3.05, 3.63) is 52.1 Å². The van der Waals surface area contributed by atoms with E-state index in [4.69, 9.17) is 0 Å². The van der Waals surface area contributed by atoms with Crippen molar-refractivity contribution in [1.82, 2.24) is 19.5 Å². The van der Waals surface area contributed by atoms with Crippen LogP contribution in [0.3, 0.4) is 0 Å². The molecule has 3 aromatic rings. The molecule has 5 nitrogen and oxygen atoms in total. The predicted molar refractivity (Wildman–Crippen MR) is 79.9 cm³/mol. The second-order valence-electron chi connectivity index (χ2n) is 4.63. The number of fused-ring (bicyclic) bond motifs is 1. The zero-order chi connectivity index (χ0) is 14.1. The Hall–Kier alpha value is -2.08. The molecule has 102 valence electrons. The highest BCUT2D eigenvalue weighted by atomic mass is 32.2. The minimum absolute atomic E-state index is 0.201. The van der Waals surface area contributed by atoms with Crippen molar-refractivity contribution in [3.63, 3.8) is 0 Å². The van der Waals surface area contributed by atoms with E-state index in [1.54, 1.807) is 11.8 Å². The van der Waals surface area contributed by atoms with Gasteiger partial charge in [-0.15, -0.1) is 0 Å². The lowest BCUT2D eigenvalue weighted by atomic mass is 10.2. The van der Waals surface area contributed by atoms with Gasteiger partial charge in [0.2, 0.25) is 0 Å². The first kappa shape index (κ1) is 12.9. The van der Waals surface area contributed by atoms with Crippen LogP contribution in [0.2, 0.25) is 0 Å². The molecule has 1 N–H and O–H groups in total. The number of hydrogen-bond acceptors (Lipinski definition) is 4. The molecule has 20 heavy (non-hydrogen) atoms. The number of aromatic amines is 1. The van der Waals surface area contributed by atoms with Crippen LogP contribution in [0.4, 0.5) is 0 Å². The molecule has 0 spiro atoms. The molecule has 2 heterocycles. The largest absolute Gasteiger partial charge is 0.311 e. The van der Waals surface area contributed by atoms with Gasteiger partial charge in [-0.25, -0.2) is 9.97 Å². The Morgan fingerprint density at radius 3 is 3.00 bits per heavy atom.